The van der Waals surface area contributed by atoms with Crippen molar-refractivity contribution >= 4 is 23.2 Å². The van der Waals surface area contributed by atoms with Gasteiger partial charge in [0.2, 0.25) is 0 Å². The third kappa shape index (κ3) is 2.35. The molecule has 1 aliphatic rings. The Morgan fingerprint density at radius 1 is 0.957 bits per heavy atom. The van der Waals surface area contributed by atoms with Crippen molar-refractivity contribution in [2.75, 3.05) is 0 Å². The molecule has 0 saturated heterocycles. The van der Waals surface area contributed by atoms with Crippen LogP contribution in [0.25, 0.3) is 11.3 Å². The van der Waals surface area contributed by atoms with Crippen LogP contribution in [0.3, 0.4) is 0 Å². The summed E-state index contributed by atoms with van der Waals surface area (Å²) in [5.41, 5.74) is 5.54. The zero-order valence-electron chi connectivity index (χ0n) is 12.1. The molecule has 0 aliphatic carbocycles. The molecule has 3 aromatic rings. The highest BCUT2D eigenvalue weighted by Crippen LogP contribution is 2.26. The molecule has 1 aromatic heterocycles. The van der Waals surface area contributed by atoms with Gasteiger partial charge >= 0.3 is 0 Å². The van der Waals surface area contributed by atoms with Gasteiger partial charge in [0.15, 0.2) is 0 Å². The molecular weight excluding hydrogens is 308 g/mol. The maximum atomic E-state index is 12.4. The van der Waals surface area contributed by atoms with Crippen LogP contribution in [0.15, 0.2) is 59.4 Å². The number of hydrogen-bond acceptors (Lipinski definition) is 4. The largest absolute Gasteiger partial charge is 0.270 e. The number of nitrogens with zero attached hydrogens (tertiary/aromatic N) is 2. The molecule has 0 radical (unpaired) electrons. The molecule has 112 valence electrons. The number of fused-ring (bicyclic) bond motifs is 1. The number of hydrogen-bond donors (Lipinski definition) is 0. The molecule has 5 heteroatoms. The van der Waals surface area contributed by atoms with Crippen LogP contribution in [-0.2, 0) is 6.54 Å². The van der Waals surface area contributed by atoms with E-state index in [4.69, 9.17) is 0 Å². The van der Waals surface area contributed by atoms with E-state index < -0.39 is 0 Å². The first-order valence-electron chi connectivity index (χ1n) is 7.17. The zero-order chi connectivity index (χ0) is 15.8. The van der Waals surface area contributed by atoms with Crippen molar-refractivity contribution < 1.29 is 9.59 Å². The van der Waals surface area contributed by atoms with E-state index in [2.05, 4.69) is 4.98 Å². The Bertz CT molecular complexity index is 868. The van der Waals surface area contributed by atoms with Crippen LogP contribution >= 0.6 is 11.3 Å². The molecule has 4 rings (SSSR count). The van der Waals surface area contributed by atoms with Crippen LogP contribution in [0.5, 0.6) is 0 Å². The lowest BCUT2D eigenvalue weighted by atomic mass is 10.1. The second kappa shape index (κ2) is 5.44. The predicted octanol–water partition coefficient (Wildman–Crippen LogP) is 3.61. The minimum Gasteiger partial charge on any atom is -0.270 e. The standard InChI is InChI=1S/C18H12N2O2S/c21-17-14-6-1-2-7-15(14)18(22)20(17)9-12-4-3-5-13(8-12)16-10-23-11-19-16/h1-8,10-11H,9H2. The average Bonchev–Trinajstić information content (AvgIpc) is 3.20. The topological polar surface area (TPSA) is 50.3 Å². The number of amides is 2. The van der Waals surface area contributed by atoms with Gasteiger partial charge in [0.25, 0.3) is 11.8 Å². The van der Waals surface area contributed by atoms with E-state index in [1.807, 2.05) is 29.6 Å². The molecule has 0 atom stereocenters. The lowest BCUT2D eigenvalue weighted by molar-refractivity contribution is 0.0642. The van der Waals surface area contributed by atoms with Crippen LogP contribution in [0.4, 0.5) is 0 Å². The Hall–Kier alpha value is -2.79. The van der Waals surface area contributed by atoms with Gasteiger partial charge in [0.05, 0.1) is 28.9 Å². The maximum Gasteiger partial charge on any atom is 0.261 e. The summed E-state index contributed by atoms with van der Waals surface area (Å²) >= 11 is 1.54. The molecule has 0 bridgehead atoms. The fourth-order valence-corrected chi connectivity index (χ4v) is 3.31. The highest BCUT2D eigenvalue weighted by molar-refractivity contribution is 7.07. The number of rotatable bonds is 3. The Morgan fingerprint density at radius 3 is 2.35 bits per heavy atom. The second-order valence-corrected chi connectivity index (χ2v) is 6.03. The average molecular weight is 320 g/mol. The summed E-state index contributed by atoms with van der Waals surface area (Å²) in [5, 5.41) is 1.97. The molecular formula is C18H12N2O2S. The zero-order valence-corrected chi connectivity index (χ0v) is 12.9. The summed E-state index contributed by atoms with van der Waals surface area (Å²) in [7, 11) is 0. The van der Waals surface area contributed by atoms with E-state index in [-0.39, 0.29) is 18.4 Å². The molecule has 0 fully saturated rings. The van der Waals surface area contributed by atoms with Crippen LogP contribution < -0.4 is 0 Å². The Labute approximate surface area is 137 Å². The summed E-state index contributed by atoms with van der Waals surface area (Å²) in [6.45, 7) is 0.268. The molecule has 0 spiro atoms. The first-order chi connectivity index (χ1) is 11.2. The smallest absolute Gasteiger partial charge is 0.261 e. The minimum atomic E-state index is -0.232. The van der Waals surface area contributed by atoms with Crippen molar-refractivity contribution in [1.29, 1.82) is 0 Å². The van der Waals surface area contributed by atoms with Crippen molar-refractivity contribution in [3.05, 3.63) is 76.1 Å². The van der Waals surface area contributed by atoms with E-state index in [9.17, 15) is 9.59 Å². The molecule has 4 nitrogen and oxygen atoms in total. The number of imide groups is 1. The summed E-state index contributed by atoms with van der Waals surface area (Å²) in [4.78, 5) is 30.4. The van der Waals surface area contributed by atoms with Crippen LogP contribution in [-0.4, -0.2) is 21.7 Å². The number of thiazole rings is 1. The van der Waals surface area contributed by atoms with Crippen molar-refractivity contribution in [3.63, 3.8) is 0 Å². The lowest BCUT2D eigenvalue weighted by Crippen LogP contribution is -2.29. The number of aromatic nitrogens is 1. The van der Waals surface area contributed by atoms with E-state index in [1.165, 1.54) is 16.2 Å². The Morgan fingerprint density at radius 2 is 1.70 bits per heavy atom. The monoisotopic (exact) mass is 320 g/mol. The quantitative estimate of drug-likeness (QED) is 0.693. The summed E-state index contributed by atoms with van der Waals surface area (Å²) in [6, 6.07) is 14.7. The number of carbonyl (C=O) groups excluding carboxylic acids is 2. The van der Waals surface area contributed by atoms with Crippen molar-refractivity contribution in [2.45, 2.75) is 6.54 Å². The SMILES string of the molecule is O=C1c2ccccc2C(=O)N1Cc1cccc(-c2cscn2)c1. The minimum absolute atomic E-state index is 0.232. The molecule has 0 N–H and O–H groups in total. The number of benzene rings is 2. The van der Waals surface area contributed by atoms with Crippen LogP contribution in [0.2, 0.25) is 0 Å². The highest BCUT2D eigenvalue weighted by atomic mass is 32.1. The summed E-state index contributed by atoms with van der Waals surface area (Å²) in [5.74, 6) is -0.464. The summed E-state index contributed by atoms with van der Waals surface area (Å²) in [6.07, 6.45) is 0. The van der Waals surface area contributed by atoms with Gasteiger partial charge in [-0.05, 0) is 23.8 Å². The van der Waals surface area contributed by atoms with E-state index in [1.54, 1.807) is 29.8 Å². The molecule has 2 aromatic carbocycles. The molecule has 23 heavy (non-hydrogen) atoms. The Kier molecular flexibility index (Phi) is 3.28. The predicted molar refractivity (Wildman–Crippen MR) is 88.2 cm³/mol. The normalized spacial score (nSPS) is 13.5. The lowest BCUT2D eigenvalue weighted by Gasteiger charge is -2.14. The van der Waals surface area contributed by atoms with E-state index in [0.29, 0.717) is 11.1 Å². The maximum absolute atomic E-state index is 12.4. The highest BCUT2D eigenvalue weighted by Gasteiger charge is 2.34. The summed E-state index contributed by atoms with van der Waals surface area (Å²) < 4.78 is 0. The fraction of sp³-hybridized carbons (Fsp3) is 0.0556. The van der Waals surface area contributed by atoms with Crippen molar-refractivity contribution in [2.24, 2.45) is 0 Å². The van der Waals surface area contributed by atoms with Gasteiger partial charge in [-0.15, -0.1) is 11.3 Å². The molecule has 2 heterocycles. The van der Waals surface area contributed by atoms with Crippen molar-refractivity contribution in [1.82, 2.24) is 9.88 Å². The van der Waals surface area contributed by atoms with E-state index >= 15 is 0 Å². The van der Waals surface area contributed by atoms with Crippen LogP contribution in [0, 0.1) is 0 Å². The Balaban J connectivity index is 1.64. The fourth-order valence-electron chi connectivity index (χ4n) is 2.75. The van der Waals surface area contributed by atoms with Gasteiger partial charge in [-0.1, -0.05) is 30.3 Å². The third-order valence-corrected chi connectivity index (χ3v) is 4.46. The van der Waals surface area contributed by atoms with Gasteiger partial charge in [0.1, 0.15) is 0 Å². The molecule has 1 aliphatic heterocycles. The van der Waals surface area contributed by atoms with Gasteiger partial charge in [-0.3, -0.25) is 14.5 Å². The van der Waals surface area contributed by atoms with Gasteiger partial charge < -0.3 is 0 Å². The molecule has 0 saturated carbocycles. The van der Waals surface area contributed by atoms with Crippen molar-refractivity contribution in [3.8, 4) is 11.3 Å². The third-order valence-electron chi connectivity index (χ3n) is 3.87. The van der Waals surface area contributed by atoms with Gasteiger partial charge in [-0.25, -0.2) is 4.98 Å². The molecule has 0 unspecified atom stereocenters. The number of carbonyl (C=O) groups is 2. The van der Waals surface area contributed by atoms with Gasteiger partial charge in [-0.2, -0.15) is 0 Å². The molecule has 2 amide bonds. The first kappa shape index (κ1) is 13.8. The van der Waals surface area contributed by atoms with Gasteiger partial charge in [0, 0.05) is 10.9 Å². The second-order valence-electron chi connectivity index (χ2n) is 5.32. The van der Waals surface area contributed by atoms with Crippen LogP contribution in [0.1, 0.15) is 26.3 Å². The first-order valence-corrected chi connectivity index (χ1v) is 8.11. The van der Waals surface area contributed by atoms with E-state index in [0.717, 1.165) is 16.8 Å².